The number of aliphatic carboxylic acids is 2. The van der Waals surface area contributed by atoms with Gasteiger partial charge in [-0.15, -0.1) is 5.10 Å². The molecule has 0 unspecified atom stereocenters. The molecule has 0 atom stereocenters. The van der Waals surface area contributed by atoms with Crippen LogP contribution in [0.25, 0.3) is 0 Å². The maximum Gasteiger partial charge on any atom is 0.490 e. The third-order valence-electron chi connectivity index (χ3n) is 5.42. The van der Waals surface area contributed by atoms with Crippen molar-refractivity contribution in [1.82, 2.24) is 19.9 Å². The standard InChI is InChI=1S/C19H29N5.2C2HF3O2/c1-4-15-5-7-16(8-6-15)13-23-11-9-17(10-12-23)24-14-18(21-22-24)19(2,3)20;2*3-2(4,5)1(6)7/h5-8,14,17H,4,9-13,20H2,1-3H3;2*(H,6,7). The zero-order valence-corrected chi connectivity index (χ0v) is 21.1. The van der Waals surface area contributed by atoms with Crippen molar-refractivity contribution in [3.8, 4) is 0 Å². The fourth-order valence-electron chi connectivity index (χ4n) is 3.23. The topological polar surface area (TPSA) is 135 Å². The number of rotatable bonds is 5. The summed E-state index contributed by atoms with van der Waals surface area (Å²) in [5.41, 5.74) is 9.35. The van der Waals surface area contributed by atoms with Crippen LogP contribution in [0.4, 0.5) is 26.3 Å². The molecule has 1 fully saturated rings. The monoisotopic (exact) mass is 555 g/mol. The molecule has 3 rings (SSSR count). The first-order valence-corrected chi connectivity index (χ1v) is 11.5. The van der Waals surface area contributed by atoms with Crippen LogP contribution in [0.2, 0.25) is 0 Å². The van der Waals surface area contributed by atoms with Crippen LogP contribution in [-0.4, -0.2) is 67.5 Å². The number of aryl methyl sites for hydroxylation is 1. The van der Waals surface area contributed by atoms with E-state index in [1.807, 2.05) is 24.7 Å². The van der Waals surface area contributed by atoms with E-state index in [0.717, 1.165) is 44.6 Å². The number of alkyl halides is 6. The normalized spacial score (nSPS) is 15.1. The number of carbonyl (C=O) groups is 2. The molecule has 9 nitrogen and oxygen atoms in total. The molecule has 38 heavy (non-hydrogen) atoms. The highest BCUT2D eigenvalue weighted by atomic mass is 19.4. The molecule has 2 heterocycles. The van der Waals surface area contributed by atoms with E-state index in [-0.39, 0.29) is 0 Å². The summed E-state index contributed by atoms with van der Waals surface area (Å²) in [5, 5.41) is 22.8. The van der Waals surface area contributed by atoms with Gasteiger partial charge in [-0.1, -0.05) is 36.4 Å². The van der Waals surface area contributed by atoms with Crippen molar-refractivity contribution < 1.29 is 46.1 Å². The minimum Gasteiger partial charge on any atom is -0.475 e. The zero-order valence-electron chi connectivity index (χ0n) is 21.1. The second kappa shape index (κ2) is 13.6. The van der Waals surface area contributed by atoms with Gasteiger partial charge in [0.25, 0.3) is 0 Å². The quantitative estimate of drug-likeness (QED) is 0.469. The van der Waals surface area contributed by atoms with Gasteiger partial charge < -0.3 is 15.9 Å². The molecule has 4 N–H and O–H groups in total. The van der Waals surface area contributed by atoms with Crippen LogP contribution in [0.5, 0.6) is 0 Å². The molecule has 2 aromatic rings. The van der Waals surface area contributed by atoms with Gasteiger partial charge in [0.1, 0.15) is 5.69 Å². The van der Waals surface area contributed by atoms with Gasteiger partial charge >= 0.3 is 24.3 Å². The average Bonchev–Trinajstić information content (AvgIpc) is 3.31. The molecule has 0 radical (unpaired) electrons. The molecule has 1 saturated heterocycles. The lowest BCUT2D eigenvalue weighted by Crippen LogP contribution is -2.34. The molecule has 15 heteroatoms. The van der Waals surface area contributed by atoms with Crippen molar-refractivity contribution in [1.29, 1.82) is 0 Å². The Morgan fingerprint density at radius 3 is 1.71 bits per heavy atom. The third-order valence-corrected chi connectivity index (χ3v) is 5.42. The molecule has 1 aliphatic heterocycles. The van der Waals surface area contributed by atoms with E-state index in [2.05, 4.69) is 46.4 Å². The Hall–Kier alpha value is -3.20. The van der Waals surface area contributed by atoms with E-state index < -0.39 is 29.8 Å². The highest BCUT2D eigenvalue weighted by Crippen LogP contribution is 2.24. The minimum atomic E-state index is -5.08. The van der Waals surface area contributed by atoms with Crippen molar-refractivity contribution in [2.45, 2.75) is 70.5 Å². The summed E-state index contributed by atoms with van der Waals surface area (Å²) in [7, 11) is 0. The van der Waals surface area contributed by atoms with Crippen LogP contribution >= 0.6 is 0 Å². The van der Waals surface area contributed by atoms with Gasteiger partial charge in [-0.25, -0.2) is 14.3 Å². The van der Waals surface area contributed by atoms with Crippen molar-refractivity contribution >= 4 is 11.9 Å². The molecule has 1 aromatic heterocycles. The smallest absolute Gasteiger partial charge is 0.475 e. The number of nitrogens with zero attached hydrogens (tertiary/aromatic N) is 4. The average molecular weight is 556 g/mol. The number of halogens is 6. The second-order valence-electron chi connectivity index (χ2n) is 9.09. The first-order valence-electron chi connectivity index (χ1n) is 11.5. The van der Waals surface area contributed by atoms with E-state index in [4.69, 9.17) is 25.5 Å². The summed E-state index contributed by atoms with van der Waals surface area (Å²) in [5.74, 6) is -5.51. The van der Waals surface area contributed by atoms with Crippen LogP contribution in [-0.2, 0) is 28.1 Å². The summed E-state index contributed by atoms with van der Waals surface area (Å²) in [4.78, 5) is 20.3. The van der Waals surface area contributed by atoms with Crippen molar-refractivity contribution in [2.24, 2.45) is 5.73 Å². The van der Waals surface area contributed by atoms with Crippen LogP contribution in [0.3, 0.4) is 0 Å². The van der Waals surface area contributed by atoms with Crippen molar-refractivity contribution in [3.05, 3.63) is 47.3 Å². The summed E-state index contributed by atoms with van der Waals surface area (Å²) >= 11 is 0. The van der Waals surface area contributed by atoms with Gasteiger partial charge in [-0.3, -0.25) is 4.90 Å². The lowest BCUT2D eigenvalue weighted by molar-refractivity contribution is -0.193. The second-order valence-corrected chi connectivity index (χ2v) is 9.09. The third kappa shape index (κ3) is 11.5. The largest absolute Gasteiger partial charge is 0.490 e. The molecule has 0 spiro atoms. The van der Waals surface area contributed by atoms with Crippen LogP contribution < -0.4 is 5.73 Å². The SMILES string of the molecule is CCc1ccc(CN2CCC(n3cc(C(C)(C)N)nn3)CC2)cc1.O=C(O)C(F)(F)F.O=C(O)C(F)(F)F. The molecule has 0 aliphatic carbocycles. The molecule has 214 valence electrons. The Morgan fingerprint density at radius 1 is 0.947 bits per heavy atom. The van der Waals surface area contributed by atoms with E-state index in [0.29, 0.717) is 6.04 Å². The molecule has 0 bridgehead atoms. The predicted octanol–water partition coefficient (Wildman–Crippen LogP) is 4.14. The summed E-state index contributed by atoms with van der Waals surface area (Å²) in [6.45, 7) is 9.36. The Morgan fingerprint density at radius 2 is 1.37 bits per heavy atom. The van der Waals surface area contributed by atoms with Crippen LogP contribution in [0, 0.1) is 0 Å². The molecule has 0 amide bonds. The molecular formula is C23H31F6N5O4. The lowest BCUT2D eigenvalue weighted by Gasteiger charge is -2.31. The van der Waals surface area contributed by atoms with E-state index in [1.54, 1.807) is 0 Å². The minimum absolute atomic E-state index is 0.427. The Kier molecular flexibility index (Phi) is 11.7. The fourth-order valence-corrected chi connectivity index (χ4v) is 3.23. The Balaban J connectivity index is 0.000000426. The number of carboxylic acid groups (broad SMARTS) is 2. The number of aromatic nitrogens is 3. The van der Waals surface area contributed by atoms with Gasteiger partial charge in [-0.05, 0) is 44.2 Å². The first kappa shape index (κ1) is 32.8. The van der Waals surface area contributed by atoms with E-state index in [9.17, 15) is 26.3 Å². The number of hydrogen-bond donors (Lipinski definition) is 3. The highest BCUT2D eigenvalue weighted by molar-refractivity contribution is 5.73. The van der Waals surface area contributed by atoms with Gasteiger partial charge in [-0.2, -0.15) is 26.3 Å². The van der Waals surface area contributed by atoms with Crippen LogP contribution in [0.15, 0.2) is 30.5 Å². The van der Waals surface area contributed by atoms with Crippen molar-refractivity contribution in [3.63, 3.8) is 0 Å². The van der Waals surface area contributed by atoms with Gasteiger partial charge in [0.15, 0.2) is 0 Å². The van der Waals surface area contributed by atoms with Crippen LogP contribution in [0.1, 0.15) is 56.5 Å². The van der Waals surface area contributed by atoms with Gasteiger partial charge in [0.2, 0.25) is 0 Å². The number of benzene rings is 1. The first-order chi connectivity index (χ1) is 17.3. The Labute approximate surface area is 215 Å². The maximum absolute atomic E-state index is 10.6. The van der Waals surface area contributed by atoms with E-state index >= 15 is 0 Å². The fraction of sp³-hybridized carbons (Fsp3) is 0.565. The molecule has 1 aromatic carbocycles. The number of hydrogen-bond acceptors (Lipinski definition) is 6. The lowest BCUT2D eigenvalue weighted by atomic mass is 10.0. The number of piperidine rings is 1. The zero-order chi connectivity index (χ0) is 29.3. The number of likely N-dealkylation sites (tertiary alicyclic amines) is 1. The van der Waals surface area contributed by atoms with E-state index in [1.165, 1.54) is 11.1 Å². The summed E-state index contributed by atoms with van der Waals surface area (Å²) < 4.78 is 65.5. The maximum atomic E-state index is 10.6. The summed E-state index contributed by atoms with van der Waals surface area (Å²) in [6, 6.07) is 9.45. The van der Waals surface area contributed by atoms with Crippen molar-refractivity contribution in [2.75, 3.05) is 13.1 Å². The molecule has 1 aliphatic rings. The van der Waals surface area contributed by atoms with Gasteiger partial charge in [0.05, 0.1) is 17.8 Å². The highest BCUT2D eigenvalue weighted by Gasteiger charge is 2.38. The predicted molar refractivity (Wildman–Crippen MR) is 124 cm³/mol. The van der Waals surface area contributed by atoms with Gasteiger partial charge in [0, 0.05) is 19.6 Å². The number of carboxylic acids is 2. The summed E-state index contributed by atoms with van der Waals surface area (Å²) in [6.07, 6.45) is -4.82. The molecular weight excluding hydrogens is 524 g/mol. The Bertz CT molecular complexity index is 1000. The molecule has 0 saturated carbocycles. The number of nitrogens with two attached hydrogens (primary N) is 1.